The van der Waals surface area contributed by atoms with Crippen molar-refractivity contribution in [1.29, 1.82) is 0 Å². The second kappa shape index (κ2) is 5.27. The Labute approximate surface area is 114 Å². The van der Waals surface area contributed by atoms with Gasteiger partial charge in [0.25, 0.3) is 0 Å². The number of hydrogen-bond acceptors (Lipinski definition) is 2. The van der Waals surface area contributed by atoms with E-state index in [1.807, 2.05) is 64.1 Å². The maximum atomic E-state index is 12.3. The average Bonchev–Trinajstić information content (AvgIpc) is 2.34. The van der Waals surface area contributed by atoms with Crippen LogP contribution in [0, 0.1) is 27.7 Å². The summed E-state index contributed by atoms with van der Waals surface area (Å²) in [5.41, 5.74) is 4.48. The van der Waals surface area contributed by atoms with Gasteiger partial charge in [0.2, 0.25) is 0 Å². The maximum Gasteiger partial charge on any atom is 0.344 e. The molecule has 0 radical (unpaired) electrons. The molecule has 2 rings (SSSR count). The van der Waals surface area contributed by atoms with E-state index in [0.717, 1.165) is 22.3 Å². The minimum atomic E-state index is -0.284. The number of esters is 1. The van der Waals surface area contributed by atoms with Crippen LogP contribution in [0.15, 0.2) is 36.4 Å². The molecule has 2 aromatic rings. The molecule has 0 unspecified atom stereocenters. The molecule has 2 nitrogen and oxygen atoms in total. The smallest absolute Gasteiger partial charge is 0.344 e. The monoisotopic (exact) mass is 254 g/mol. The summed E-state index contributed by atoms with van der Waals surface area (Å²) < 4.78 is 5.58. The fourth-order valence-corrected chi connectivity index (χ4v) is 2.24. The number of carbonyl (C=O) groups excluding carboxylic acids is 1. The maximum absolute atomic E-state index is 12.3. The van der Waals surface area contributed by atoms with Gasteiger partial charge in [0.1, 0.15) is 5.75 Å². The summed E-state index contributed by atoms with van der Waals surface area (Å²) in [5.74, 6) is 0.378. The Kier molecular flexibility index (Phi) is 3.70. The summed E-state index contributed by atoms with van der Waals surface area (Å²) in [7, 11) is 0. The number of rotatable bonds is 2. The van der Waals surface area contributed by atoms with Crippen molar-refractivity contribution in [2.24, 2.45) is 0 Å². The molecule has 0 N–H and O–H groups in total. The molecule has 98 valence electrons. The van der Waals surface area contributed by atoms with Crippen LogP contribution in [0.2, 0.25) is 0 Å². The fraction of sp³-hybridized carbons (Fsp3) is 0.235. The number of ether oxygens (including phenoxy) is 1. The van der Waals surface area contributed by atoms with Crippen molar-refractivity contribution in [3.8, 4) is 5.75 Å². The molecule has 0 aliphatic rings. The van der Waals surface area contributed by atoms with Gasteiger partial charge in [-0.15, -0.1) is 0 Å². The number of benzene rings is 2. The van der Waals surface area contributed by atoms with Crippen LogP contribution in [0.25, 0.3) is 0 Å². The molecule has 19 heavy (non-hydrogen) atoms. The molecule has 0 aliphatic heterocycles. The summed E-state index contributed by atoms with van der Waals surface area (Å²) >= 11 is 0. The normalized spacial score (nSPS) is 10.3. The third-order valence-corrected chi connectivity index (χ3v) is 3.29. The van der Waals surface area contributed by atoms with Crippen LogP contribution in [0.5, 0.6) is 5.75 Å². The van der Waals surface area contributed by atoms with Crippen molar-refractivity contribution in [1.82, 2.24) is 0 Å². The Balaban J connectivity index is 2.37. The Morgan fingerprint density at radius 2 is 1.21 bits per heavy atom. The Morgan fingerprint density at radius 1 is 0.789 bits per heavy atom. The predicted molar refractivity (Wildman–Crippen MR) is 76.8 cm³/mol. The van der Waals surface area contributed by atoms with E-state index in [1.165, 1.54) is 0 Å². The van der Waals surface area contributed by atoms with Crippen LogP contribution >= 0.6 is 0 Å². The number of para-hydroxylation sites is 1. The molecule has 0 amide bonds. The van der Waals surface area contributed by atoms with E-state index >= 15 is 0 Å². The minimum Gasteiger partial charge on any atom is -0.422 e. The lowest BCUT2D eigenvalue weighted by molar-refractivity contribution is 0.0731. The van der Waals surface area contributed by atoms with Gasteiger partial charge in [-0.05, 0) is 49.9 Å². The Bertz CT molecular complexity index is 587. The van der Waals surface area contributed by atoms with Crippen molar-refractivity contribution in [3.05, 3.63) is 64.2 Å². The van der Waals surface area contributed by atoms with Crippen molar-refractivity contribution >= 4 is 5.97 Å². The van der Waals surface area contributed by atoms with E-state index in [2.05, 4.69) is 0 Å². The van der Waals surface area contributed by atoms with E-state index in [-0.39, 0.29) is 5.97 Å². The summed E-state index contributed by atoms with van der Waals surface area (Å²) in [6.45, 7) is 7.74. The molecule has 2 aromatic carbocycles. The zero-order chi connectivity index (χ0) is 14.0. The first-order valence-corrected chi connectivity index (χ1v) is 6.35. The SMILES string of the molecule is Cc1cccc(C)c1OC(=O)c1c(C)cccc1C. The molecule has 0 aliphatic carbocycles. The highest BCUT2D eigenvalue weighted by atomic mass is 16.5. The van der Waals surface area contributed by atoms with Crippen LogP contribution in [0.3, 0.4) is 0 Å². The molecule has 0 saturated heterocycles. The molecule has 0 heterocycles. The lowest BCUT2D eigenvalue weighted by Crippen LogP contribution is -2.13. The van der Waals surface area contributed by atoms with Crippen molar-refractivity contribution in [3.63, 3.8) is 0 Å². The summed E-state index contributed by atoms with van der Waals surface area (Å²) in [6.07, 6.45) is 0. The van der Waals surface area contributed by atoms with Gasteiger partial charge in [0.15, 0.2) is 0 Å². The third kappa shape index (κ3) is 2.68. The molecule has 0 fully saturated rings. The van der Waals surface area contributed by atoms with Gasteiger partial charge in [-0.2, -0.15) is 0 Å². The van der Waals surface area contributed by atoms with E-state index in [1.54, 1.807) is 0 Å². The van der Waals surface area contributed by atoms with Crippen molar-refractivity contribution in [2.75, 3.05) is 0 Å². The molecule has 0 atom stereocenters. The fourth-order valence-electron chi connectivity index (χ4n) is 2.24. The minimum absolute atomic E-state index is 0.284. The van der Waals surface area contributed by atoms with Crippen molar-refractivity contribution in [2.45, 2.75) is 27.7 Å². The molecule has 0 spiro atoms. The first-order chi connectivity index (χ1) is 9.00. The van der Waals surface area contributed by atoms with Gasteiger partial charge >= 0.3 is 5.97 Å². The van der Waals surface area contributed by atoms with Crippen LogP contribution < -0.4 is 4.74 Å². The molecular weight excluding hydrogens is 236 g/mol. The highest BCUT2D eigenvalue weighted by Gasteiger charge is 2.16. The lowest BCUT2D eigenvalue weighted by Gasteiger charge is -2.12. The largest absolute Gasteiger partial charge is 0.422 e. The first kappa shape index (κ1) is 13.3. The number of carbonyl (C=O) groups is 1. The van der Waals surface area contributed by atoms with Gasteiger partial charge in [-0.1, -0.05) is 36.4 Å². The Morgan fingerprint density at radius 3 is 1.68 bits per heavy atom. The van der Waals surface area contributed by atoms with Crippen LogP contribution in [0.4, 0.5) is 0 Å². The second-order valence-corrected chi connectivity index (χ2v) is 4.88. The Hall–Kier alpha value is -2.09. The van der Waals surface area contributed by atoms with Gasteiger partial charge in [-0.3, -0.25) is 0 Å². The lowest BCUT2D eigenvalue weighted by atomic mass is 10.0. The van der Waals surface area contributed by atoms with Crippen molar-refractivity contribution < 1.29 is 9.53 Å². The molecule has 2 heteroatoms. The number of aryl methyl sites for hydroxylation is 4. The summed E-state index contributed by atoms with van der Waals surface area (Å²) in [5, 5.41) is 0. The van der Waals surface area contributed by atoms with Gasteiger partial charge in [-0.25, -0.2) is 4.79 Å². The molecule has 0 bridgehead atoms. The van der Waals surface area contributed by atoms with Gasteiger partial charge in [0.05, 0.1) is 5.56 Å². The van der Waals surface area contributed by atoms with E-state index in [9.17, 15) is 4.79 Å². The van der Waals surface area contributed by atoms with Gasteiger partial charge in [0, 0.05) is 0 Å². The van der Waals surface area contributed by atoms with E-state index in [0.29, 0.717) is 11.3 Å². The van der Waals surface area contributed by atoms with Crippen LogP contribution in [-0.4, -0.2) is 5.97 Å². The highest BCUT2D eigenvalue weighted by molar-refractivity contribution is 5.94. The summed E-state index contributed by atoms with van der Waals surface area (Å²) in [6, 6.07) is 11.6. The summed E-state index contributed by atoms with van der Waals surface area (Å²) in [4.78, 5) is 12.3. The molecular formula is C17H18O2. The molecule has 0 saturated carbocycles. The zero-order valence-corrected chi connectivity index (χ0v) is 11.8. The number of hydrogen-bond donors (Lipinski definition) is 0. The van der Waals surface area contributed by atoms with Gasteiger partial charge < -0.3 is 4.74 Å². The molecule has 0 aromatic heterocycles. The van der Waals surface area contributed by atoms with E-state index in [4.69, 9.17) is 4.74 Å². The standard InChI is InChI=1S/C17H18O2/c1-11-7-5-8-12(2)15(11)17(18)19-16-13(3)9-6-10-14(16)4/h5-10H,1-4H3. The second-order valence-electron chi connectivity index (χ2n) is 4.88. The predicted octanol–water partition coefficient (Wildman–Crippen LogP) is 4.14. The first-order valence-electron chi connectivity index (χ1n) is 6.35. The third-order valence-electron chi connectivity index (χ3n) is 3.29. The highest BCUT2D eigenvalue weighted by Crippen LogP contribution is 2.24. The quantitative estimate of drug-likeness (QED) is 0.594. The average molecular weight is 254 g/mol. The van der Waals surface area contributed by atoms with Crippen LogP contribution in [-0.2, 0) is 0 Å². The van der Waals surface area contributed by atoms with Crippen LogP contribution in [0.1, 0.15) is 32.6 Å². The zero-order valence-electron chi connectivity index (χ0n) is 11.8. The topological polar surface area (TPSA) is 26.3 Å². The van der Waals surface area contributed by atoms with E-state index < -0.39 is 0 Å².